The molecule has 0 aliphatic heterocycles. The number of anilines is 1. The van der Waals surface area contributed by atoms with Crippen LogP contribution in [0.5, 0.6) is 0 Å². The molecule has 7 nitrogen and oxygen atoms in total. The zero-order chi connectivity index (χ0) is 22.9. The summed E-state index contributed by atoms with van der Waals surface area (Å²) in [5.41, 5.74) is 1.79. The van der Waals surface area contributed by atoms with E-state index in [9.17, 15) is 14.4 Å². The molecule has 32 heavy (non-hydrogen) atoms. The number of nitriles is 1. The summed E-state index contributed by atoms with van der Waals surface area (Å²) in [5.74, 6) is -1.38. The minimum absolute atomic E-state index is 0.100. The molecular formula is C25H24N4O3. The predicted molar refractivity (Wildman–Crippen MR) is 123 cm³/mol. The number of carbonyl (C=O) groups is 3. The molecule has 0 saturated carbocycles. The van der Waals surface area contributed by atoms with Gasteiger partial charge >= 0.3 is 0 Å². The smallest absolute Gasteiger partial charge is 0.251 e. The SMILES string of the molecule is CC(=O)Nc1ccc(C(=O)NCC(C(=O)NCCC#N)c2ccc3ccccc3c2)cc1. The van der Waals surface area contributed by atoms with Crippen molar-refractivity contribution in [1.82, 2.24) is 10.6 Å². The lowest BCUT2D eigenvalue weighted by atomic mass is 9.95. The molecule has 7 heteroatoms. The van der Waals surface area contributed by atoms with Gasteiger partial charge in [0.2, 0.25) is 11.8 Å². The fraction of sp³-hybridized carbons (Fsp3) is 0.200. The van der Waals surface area contributed by atoms with E-state index < -0.39 is 5.92 Å². The number of nitrogens with one attached hydrogen (secondary N) is 3. The van der Waals surface area contributed by atoms with Gasteiger partial charge in [0.15, 0.2) is 0 Å². The molecule has 3 N–H and O–H groups in total. The monoisotopic (exact) mass is 428 g/mol. The molecule has 3 aromatic rings. The number of amides is 3. The van der Waals surface area contributed by atoms with E-state index in [0.29, 0.717) is 11.3 Å². The largest absolute Gasteiger partial charge is 0.354 e. The number of carbonyl (C=O) groups excluding carboxylic acids is 3. The molecule has 162 valence electrons. The summed E-state index contributed by atoms with van der Waals surface area (Å²) in [5, 5.41) is 19.0. The molecule has 3 rings (SSSR count). The van der Waals surface area contributed by atoms with Crippen LogP contribution in [0.15, 0.2) is 66.7 Å². The predicted octanol–water partition coefficient (Wildman–Crippen LogP) is 3.34. The van der Waals surface area contributed by atoms with Crippen LogP contribution in [0.1, 0.15) is 35.2 Å². The van der Waals surface area contributed by atoms with Gasteiger partial charge in [-0.3, -0.25) is 14.4 Å². The van der Waals surface area contributed by atoms with Crippen LogP contribution in [-0.4, -0.2) is 30.8 Å². The Morgan fingerprint density at radius 3 is 2.34 bits per heavy atom. The van der Waals surface area contributed by atoms with Crippen LogP contribution in [0.4, 0.5) is 5.69 Å². The van der Waals surface area contributed by atoms with E-state index in [1.165, 1.54) is 6.92 Å². The van der Waals surface area contributed by atoms with Gasteiger partial charge in [-0.25, -0.2) is 0 Å². The van der Waals surface area contributed by atoms with Gasteiger partial charge in [-0.1, -0.05) is 42.5 Å². The lowest BCUT2D eigenvalue weighted by Crippen LogP contribution is -2.37. The van der Waals surface area contributed by atoms with Crippen LogP contribution in [0.25, 0.3) is 10.8 Å². The molecule has 1 unspecified atom stereocenters. The van der Waals surface area contributed by atoms with Gasteiger partial charge in [-0.15, -0.1) is 0 Å². The number of nitrogens with zero attached hydrogens (tertiary/aromatic N) is 1. The van der Waals surface area contributed by atoms with Crippen LogP contribution in [0.2, 0.25) is 0 Å². The molecule has 0 radical (unpaired) electrons. The standard InChI is InChI=1S/C25H24N4O3/c1-17(30)29-22-11-9-19(10-12-22)24(31)28-16-23(25(32)27-14-4-13-26)21-8-7-18-5-2-3-6-20(18)15-21/h2-3,5-12,15,23H,4,14,16H2,1H3,(H,27,32)(H,28,31)(H,29,30). The molecule has 0 aliphatic carbocycles. The van der Waals surface area contributed by atoms with Crippen LogP contribution >= 0.6 is 0 Å². The Morgan fingerprint density at radius 1 is 0.938 bits per heavy atom. The Balaban J connectivity index is 1.75. The van der Waals surface area contributed by atoms with Gasteiger partial charge in [0.25, 0.3) is 5.91 Å². The first kappa shape index (κ1) is 22.5. The van der Waals surface area contributed by atoms with Gasteiger partial charge in [0.1, 0.15) is 0 Å². The van der Waals surface area contributed by atoms with Crippen molar-refractivity contribution in [3.63, 3.8) is 0 Å². The van der Waals surface area contributed by atoms with Gasteiger partial charge in [-0.2, -0.15) is 5.26 Å². The second kappa shape index (κ2) is 10.7. The molecule has 1 atom stereocenters. The van der Waals surface area contributed by atoms with E-state index in [-0.39, 0.29) is 37.2 Å². The number of fused-ring (bicyclic) bond motifs is 1. The van der Waals surface area contributed by atoms with Crippen LogP contribution in [-0.2, 0) is 9.59 Å². The van der Waals surface area contributed by atoms with E-state index in [2.05, 4.69) is 16.0 Å². The average Bonchev–Trinajstić information content (AvgIpc) is 2.79. The van der Waals surface area contributed by atoms with E-state index in [4.69, 9.17) is 5.26 Å². The number of benzene rings is 3. The first-order chi connectivity index (χ1) is 15.5. The third-order valence-electron chi connectivity index (χ3n) is 4.96. The highest BCUT2D eigenvalue weighted by molar-refractivity contribution is 5.96. The minimum atomic E-state index is -0.610. The quantitative estimate of drug-likeness (QED) is 0.478. The first-order valence-electron chi connectivity index (χ1n) is 10.3. The number of hydrogen-bond donors (Lipinski definition) is 3. The van der Waals surface area contributed by atoms with Gasteiger partial charge < -0.3 is 16.0 Å². The summed E-state index contributed by atoms with van der Waals surface area (Å²) in [4.78, 5) is 36.6. The van der Waals surface area contributed by atoms with Crippen molar-refractivity contribution in [2.75, 3.05) is 18.4 Å². The van der Waals surface area contributed by atoms with Crippen molar-refractivity contribution >= 4 is 34.2 Å². The minimum Gasteiger partial charge on any atom is -0.354 e. The maximum Gasteiger partial charge on any atom is 0.251 e. The third-order valence-corrected chi connectivity index (χ3v) is 4.96. The summed E-state index contributed by atoms with van der Waals surface area (Å²) in [6.07, 6.45) is 0.211. The molecule has 0 aliphatic rings. The van der Waals surface area contributed by atoms with Crippen molar-refractivity contribution in [1.29, 1.82) is 5.26 Å². The van der Waals surface area contributed by atoms with Gasteiger partial charge in [0, 0.05) is 31.3 Å². The van der Waals surface area contributed by atoms with E-state index in [1.54, 1.807) is 24.3 Å². The van der Waals surface area contributed by atoms with Gasteiger partial charge in [-0.05, 0) is 40.6 Å². The maximum atomic E-state index is 12.8. The Hall–Kier alpha value is -4.18. The zero-order valence-corrected chi connectivity index (χ0v) is 17.7. The van der Waals surface area contributed by atoms with Crippen molar-refractivity contribution in [3.8, 4) is 6.07 Å². The van der Waals surface area contributed by atoms with Crippen molar-refractivity contribution < 1.29 is 14.4 Å². The molecule has 0 aromatic heterocycles. The highest BCUT2D eigenvalue weighted by atomic mass is 16.2. The maximum absolute atomic E-state index is 12.8. The Morgan fingerprint density at radius 2 is 1.66 bits per heavy atom. The van der Waals surface area contributed by atoms with Crippen LogP contribution in [0, 0.1) is 11.3 Å². The highest BCUT2D eigenvalue weighted by Crippen LogP contribution is 2.22. The van der Waals surface area contributed by atoms with E-state index in [1.807, 2.05) is 48.5 Å². The first-order valence-corrected chi connectivity index (χ1v) is 10.3. The fourth-order valence-electron chi connectivity index (χ4n) is 3.36. The molecule has 3 aromatic carbocycles. The van der Waals surface area contributed by atoms with Crippen LogP contribution in [0.3, 0.4) is 0 Å². The fourth-order valence-corrected chi connectivity index (χ4v) is 3.36. The molecule has 0 saturated heterocycles. The number of hydrogen-bond acceptors (Lipinski definition) is 4. The van der Waals surface area contributed by atoms with E-state index in [0.717, 1.165) is 16.3 Å². The summed E-state index contributed by atoms with van der Waals surface area (Å²) in [7, 11) is 0. The summed E-state index contributed by atoms with van der Waals surface area (Å²) >= 11 is 0. The summed E-state index contributed by atoms with van der Waals surface area (Å²) in [6.45, 7) is 1.76. The normalized spacial score (nSPS) is 11.2. The van der Waals surface area contributed by atoms with Crippen molar-refractivity contribution in [2.24, 2.45) is 0 Å². The molecular weight excluding hydrogens is 404 g/mol. The average molecular weight is 428 g/mol. The Labute approximate surface area is 186 Å². The summed E-state index contributed by atoms with van der Waals surface area (Å²) < 4.78 is 0. The highest BCUT2D eigenvalue weighted by Gasteiger charge is 2.22. The third kappa shape index (κ3) is 5.92. The van der Waals surface area contributed by atoms with E-state index >= 15 is 0 Å². The van der Waals surface area contributed by atoms with Crippen molar-refractivity contribution in [3.05, 3.63) is 77.9 Å². The summed E-state index contributed by atoms with van der Waals surface area (Å²) in [6, 6.07) is 22.1. The van der Waals surface area contributed by atoms with Crippen LogP contribution < -0.4 is 16.0 Å². The molecule has 0 fully saturated rings. The molecule has 0 bridgehead atoms. The van der Waals surface area contributed by atoms with Gasteiger partial charge in [0.05, 0.1) is 18.4 Å². The van der Waals surface area contributed by atoms with Crippen molar-refractivity contribution in [2.45, 2.75) is 19.3 Å². The molecule has 0 heterocycles. The molecule has 3 amide bonds. The second-order valence-corrected chi connectivity index (χ2v) is 7.33. The molecule has 0 spiro atoms. The lowest BCUT2D eigenvalue weighted by molar-refractivity contribution is -0.122. The number of rotatable bonds is 8. The topological polar surface area (TPSA) is 111 Å². The lowest BCUT2D eigenvalue weighted by Gasteiger charge is -2.18. The Bertz CT molecular complexity index is 1170. The zero-order valence-electron chi connectivity index (χ0n) is 17.7. The Kier molecular flexibility index (Phi) is 7.55. The second-order valence-electron chi connectivity index (χ2n) is 7.33.